The minimum absolute atomic E-state index is 0.220. The molecule has 0 N–H and O–H groups in total. The molecule has 1 fully saturated rings. The van der Waals surface area contributed by atoms with E-state index in [1.807, 2.05) is 31.2 Å². The number of rotatable bonds is 3. The van der Waals surface area contributed by atoms with Crippen LogP contribution >= 0.6 is 11.3 Å². The van der Waals surface area contributed by atoms with E-state index in [2.05, 4.69) is 21.7 Å². The predicted octanol–water partition coefficient (Wildman–Crippen LogP) is 5.58. The molecule has 1 aliphatic heterocycles. The number of hydrogen-bond donors (Lipinski definition) is 0. The zero-order valence-corrected chi connectivity index (χ0v) is 18.2. The molecule has 0 bridgehead atoms. The smallest absolute Gasteiger partial charge is 0.141 e. The normalized spacial score (nSPS) is 14.5. The molecule has 3 heterocycles. The van der Waals surface area contributed by atoms with Crippen molar-refractivity contribution < 1.29 is 8.78 Å². The zero-order valence-electron chi connectivity index (χ0n) is 17.4. The number of benzene rings is 2. The topological polar surface area (TPSA) is 32.3 Å². The number of aromatic nitrogens is 2. The molecule has 4 nitrogen and oxygen atoms in total. The molecular formula is C24H22F2N4S. The van der Waals surface area contributed by atoms with Crippen LogP contribution in [-0.2, 0) is 0 Å². The van der Waals surface area contributed by atoms with Crippen LogP contribution in [0.4, 0.5) is 20.3 Å². The lowest BCUT2D eigenvalue weighted by Crippen LogP contribution is -2.47. The molecule has 0 unspecified atom stereocenters. The second-order valence-corrected chi connectivity index (χ2v) is 8.97. The monoisotopic (exact) mass is 436 g/mol. The standard InChI is InChI=1S/C24H22F2N4S/c1-15-21(17-3-5-18(25)6-4-17)22-23(27-16(2)28-24(22)31-15)30-13-11-29(12-14-30)20-9-7-19(26)8-10-20/h3-10H,11-14H2,1-2H3. The maximum Gasteiger partial charge on any atom is 0.141 e. The summed E-state index contributed by atoms with van der Waals surface area (Å²) >= 11 is 1.65. The van der Waals surface area contributed by atoms with Crippen LogP contribution in [0.25, 0.3) is 21.3 Å². The molecule has 5 rings (SSSR count). The van der Waals surface area contributed by atoms with Gasteiger partial charge in [0.05, 0.1) is 5.39 Å². The number of nitrogens with zero attached hydrogens (tertiary/aromatic N) is 4. The second kappa shape index (κ2) is 7.89. The van der Waals surface area contributed by atoms with Crippen molar-refractivity contribution in [2.75, 3.05) is 36.0 Å². The Morgan fingerprint density at radius 3 is 2.00 bits per heavy atom. The molecule has 1 aliphatic rings. The highest BCUT2D eigenvalue weighted by Crippen LogP contribution is 2.42. The highest BCUT2D eigenvalue weighted by molar-refractivity contribution is 7.19. The first-order valence-electron chi connectivity index (χ1n) is 10.3. The molecule has 0 saturated carbocycles. The van der Waals surface area contributed by atoms with Gasteiger partial charge in [0.2, 0.25) is 0 Å². The molecule has 0 radical (unpaired) electrons. The van der Waals surface area contributed by atoms with Gasteiger partial charge < -0.3 is 9.80 Å². The van der Waals surface area contributed by atoms with Crippen molar-refractivity contribution in [2.45, 2.75) is 13.8 Å². The molecular weight excluding hydrogens is 414 g/mol. The summed E-state index contributed by atoms with van der Waals surface area (Å²) in [5, 5.41) is 1.04. The molecule has 0 amide bonds. The summed E-state index contributed by atoms with van der Waals surface area (Å²) in [6.07, 6.45) is 0. The third-order valence-corrected chi connectivity index (χ3v) is 6.72. The van der Waals surface area contributed by atoms with Gasteiger partial charge in [-0.15, -0.1) is 11.3 Å². The SMILES string of the molecule is Cc1nc(N2CCN(c3ccc(F)cc3)CC2)c2c(-c3ccc(F)cc3)c(C)sc2n1. The van der Waals surface area contributed by atoms with Crippen LogP contribution in [0.1, 0.15) is 10.7 Å². The van der Waals surface area contributed by atoms with Crippen molar-refractivity contribution in [3.05, 3.63) is 70.9 Å². The molecule has 2 aromatic carbocycles. The molecule has 158 valence electrons. The van der Waals surface area contributed by atoms with Crippen molar-refractivity contribution in [1.82, 2.24) is 9.97 Å². The lowest BCUT2D eigenvalue weighted by Gasteiger charge is -2.37. The minimum atomic E-state index is -0.245. The number of anilines is 2. The van der Waals surface area contributed by atoms with Crippen molar-refractivity contribution in [3.8, 4) is 11.1 Å². The number of fused-ring (bicyclic) bond motifs is 1. The van der Waals surface area contributed by atoms with Crippen LogP contribution in [0.5, 0.6) is 0 Å². The van der Waals surface area contributed by atoms with Crippen molar-refractivity contribution in [3.63, 3.8) is 0 Å². The fourth-order valence-electron chi connectivity index (χ4n) is 4.22. The molecule has 1 saturated heterocycles. The third-order valence-electron chi connectivity index (χ3n) is 5.72. The van der Waals surface area contributed by atoms with E-state index in [0.29, 0.717) is 0 Å². The number of piperazine rings is 1. The van der Waals surface area contributed by atoms with E-state index < -0.39 is 0 Å². The van der Waals surface area contributed by atoms with Crippen LogP contribution in [0.3, 0.4) is 0 Å². The molecule has 0 aliphatic carbocycles. The van der Waals surface area contributed by atoms with Crippen LogP contribution in [0, 0.1) is 25.5 Å². The van der Waals surface area contributed by atoms with Gasteiger partial charge in [-0.2, -0.15) is 0 Å². The fourth-order valence-corrected chi connectivity index (χ4v) is 5.30. The van der Waals surface area contributed by atoms with Gasteiger partial charge in [0.15, 0.2) is 0 Å². The first-order chi connectivity index (χ1) is 15.0. The van der Waals surface area contributed by atoms with Gasteiger partial charge in [-0.3, -0.25) is 0 Å². The maximum atomic E-state index is 13.5. The van der Waals surface area contributed by atoms with Crippen LogP contribution in [0.2, 0.25) is 0 Å². The Bertz CT molecular complexity index is 1230. The molecule has 4 aromatic rings. The fraction of sp³-hybridized carbons (Fsp3) is 0.250. The van der Waals surface area contributed by atoms with Crippen LogP contribution in [-0.4, -0.2) is 36.1 Å². The number of hydrogen-bond acceptors (Lipinski definition) is 5. The van der Waals surface area contributed by atoms with Crippen molar-refractivity contribution >= 4 is 33.1 Å². The molecule has 0 atom stereocenters. The summed E-state index contributed by atoms with van der Waals surface area (Å²) in [5.74, 6) is 1.22. The van der Waals surface area contributed by atoms with E-state index in [0.717, 1.165) is 69.7 Å². The van der Waals surface area contributed by atoms with E-state index in [4.69, 9.17) is 4.98 Å². The van der Waals surface area contributed by atoms with Crippen molar-refractivity contribution in [1.29, 1.82) is 0 Å². The number of thiophene rings is 1. The largest absolute Gasteiger partial charge is 0.368 e. The van der Waals surface area contributed by atoms with Gasteiger partial charge in [-0.1, -0.05) is 12.1 Å². The summed E-state index contributed by atoms with van der Waals surface area (Å²) in [7, 11) is 0. The molecule has 2 aromatic heterocycles. The van der Waals surface area contributed by atoms with Crippen LogP contribution in [0.15, 0.2) is 48.5 Å². The summed E-state index contributed by atoms with van der Waals surface area (Å²) in [5.41, 5.74) is 3.09. The first kappa shape index (κ1) is 19.9. The van der Waals surface area contributed by atoms with E-state index in [1.54, 1.807) is 11.3 Å². The lowest BCUT2D eigenvalue weighted by atomic mass is 10.0. The van der Waals surface area contributed by atoms with Gasteiger partial charge >= 0.3 is 0 Å². The Morgan fingerprint density at radius 2 is 1.35 bits per heavy atom. The summed E-state index contributed by atoms with van der Waals surface area (Å²) in [6.45, 7) is 7.26. The average Bonchev–Trinajstić information content (AvgIpc) is 3.10. The van der Waals surface area contributed by atoms with Gasteiger partial charge in [0, 0.05) is 42.3 Å². The number of aryl methyl sites for hydroxylation is 2. The summed E-state index contributed by atoms with van der Waals surface area (Å²) in [4.78, 5) is 16.2. The highest BCUT2D eigenvalue weighted by atomic mass is 32.1. The van der Waals surface area contributed by atoms with E-state index in [1.165, 1.54) is 24.3 Å². The first-order valence-corrected chi connectivity index (χ1v) is 11.1. The summed E-state index contributed by atoms with van der Waals surface area (Å²) in [6, 6.07) is 13.3. The second-order valence-electron chi connectivity index (χ2n) is 7.77. The van der Waals surface area contributed by atoms with Gasteiger partial charge in [-0.05, 0) is 55.8 Å². The Hall–Kier alpha value is -3.06. The van der Waals surface area contributed by atoms with Crippen molar-refractivity contribution in [2.24, 2.45) is 0 Å². The predicted molar refractivity (Wildman–Crippen MR) is 123 cm³/mol. The van der Waals surface area contributed by atoms with Gasteiger partial charge in [0.1, 0.15) is 28.1 Å². The Morgan fingerprint density at radius 1 is 0.774 bits per heavy atom. The zero-order chi connectivity index (χ0) is 21.5. The van der Waals surface area contributed by atoms with E-state index in [9.17, 15) is 8.78 Å². The lowest BCUT2D eigenvalue weighted by molar-refractivity contribution is 0.624. The quantitative estimate of drug-likeness (QED) is 0.420. The van der Waals surface area contributed by atoms with E-state index >= 15 is 0 Å². The van der Waals surface area contributed by atoms with Crippen LogP contribution < -0.4 is 9.80 Å². The summed E-state index contributed by atoms with van der Waals surface area (Å²) < 4.78 is 26.8. The van der Waals surface area contributed by atoms with E-state index in [-0.39, 0.29) is 11.6 Å². The minimum Gasteiger partial charge on any atom is -0.368 e. The Kier molecular flexibility index (Phi) is 5.06. The average molecular weight is 437 g/mol. The van der Waals surface area contributed by atoms with Gasteiger partial charge in [0.25, 0.3) is 0 Å². The molecule has 0 spiro atoms. The third kappa shape index (κ3) is 3.74. The molecule has 31 heavy (non-hydrogen) atoms. The Labute approximate surface area is 183 Å². The van der Waals surface area contributed by atoms with Gasteiger partial charge in [-0.25, -0.2) is 18.7 Å². The number of halogens is 2. The maximum absolute atomic E-state index is 13.5. The molecule has 7 heteroatoms. The highest BCUT2D eigenvalue weighted by Gasteiger charge is 2.24. The Balaban J connectivity index is 1.51.